The Morgan fingerprint density at radius 3 is 3.16 bits per heavy atom. The van der Waals surface area contributed by atoms with Gasteiger partial charge in [0, 0.05) is 18.1 Å². The molecule has 100 valence electrons. The zero-order valence-corrected chi connectivity index (χ0v) is 12.0. The van der Waals surface area contributed by atoms with Crippen molar-refractivity contribution in [1.82, 2.24) is 19.2 Å². The normalized spacial score (nSPS) is 11.3. The highest BCUT2D eigenvalue weighted by molar-refractivity contribution is 7.15. The van der Waals surface area contributed by atoms with Gasteiger partial charge < -0.3 is 4.74 Å². The lowest BCUT2D eigenvalue weighted by Gasteiger charge is -2.01. The molecule has 0 amide bonds. The van der Waals surface area contributed by atoms with E-state index in [1.807, 2.05) is 26.9 Å². The minimum atomic E-state index is 0.357. The number of ether oxygens (including phenoxy) is 1. The van der Waals surface area contributed by atoms with Crippen LogP contribution in [0.5, 0.6) is 11.6 Å². The number of alkyl halides is 1. The molecule has 0 aliphatic rings. The van der Waals surface area contributed by atoms with Crippen molar-refractivity contribution in [3.8, 4) is 11.6 Å². The zero-order valence-electron chi connectivity index (χ0n) is 10.4. The number of nitrogens with zero attached hydrogens (tertiary/aromatic N) is 4. The van der Waals surface area contributed by atoms with Crippen LogP contribution in [0.25, 0.3) is 4.96 Å². The monoisotopic (exact) mass is 296 g/mol. The van der Waals surface area contributed by atoms with E-state index in [0.29, 0.717) is 17.5 Å². The Morgan fingerprint density at radius 1 is 1.47 bits per heavy atom. The van der Waals surface area contributed by atoms with Crippen LogP contribution in [0.4, 0.5) is 0 Å². The van der Waals surface area contributed by atoms with Crippen LogP contribution >= 0.6 is 22.9 Å². The molecule has 3 heterocycles. The minimum absolute atomic E-state index is 0.357. The van der Waals surface area contributed by atoms with Crippen LogP contribution in [-0.2, 0) is 12.4 Å². The summed E-state index contributed by atoms with van der Waals surface area (Å²) >= 11 is 7.53. The van der Waals surface area contributed by atoms with Crippen molar-refractivity contribution in [1.29, 1.82) is 0 Å². The van der Waals surface area contributed by atoms with E-state index >= 15 is 0 Å². The number of aromatic nitrogens is 4. The van der Waals surface area contributed by atoms with Crippen LogP contribution in [0.15, 0.2) is 24.0 Å². The third-order valence-electron chi connectivity index (χ3n) is 2.73. The van der Waals surface area contributed by atoms with Gasteiger partial charge in [-0.3, -0.25) is 9.08 Å². The lowest BCUT2D eigenvalue weighted by atomic mass is 10.5. The Balaban J connectivity index is 1.89. The number of thiazole rings is 1. The zero-order chi connectivity index (χ0) is 13.2. The van der Waals surface area contributed by atoms with Crippen LogP contribution in [0.1, 0.15) is 19.0 Å². The summed E-state index contributed by atoms with van der Waals surface area (Å²) in [5.41, 5.74) is 0.862. The number of aryl methyl sites for hydroxylation is 1. The quantitative estimate of drug-likeness (QED) is 0.677. The summed E-state index contributed by atoms with van der Waals surface area (Å²) in [6, 6.07) is 0. The van der Waals surface area contributed by atoms with Crippen molar-refractivity contribution in [2.75, 3.05) is 0 Å². The molecule has 3 aromatic rings. The van der Waals surface area contributed by atoms with Crippen LogP contribution < -0.4 is 4.74 Å². The fraction of sp³-hybridized carbons (Fsp3) is 0.333. The summed E-state index contributed by atoms with van der Waals surface area (Å²) in [6.07, 6.45) is 6.54. The molecule has 0 aliphatic heterocycles. The van der Waals surface area contributed by atoms with E-state index in [2.05, 4.69) is 17.0 Å². The number of hydrogen-bond acceptors (Lipinski definition) is 4. The van der Waals surface area contributed by atoms with Gasteiger partial charge in [0.1, 0.15) is 5.69 Å². The Bertz CT molecular complexity index is 687. The van der Waals surface area contributed by atoms with Crippen molar-refractivity contribution in [2.45, 2.75) is 25.8 Å². The molecule has 0 saturated heterocycles. The van der Waals surface area contributed by atoms with E-state index < -0.39 is 0 Å². The molecule has 3 aromatic heterocycles. The molecule has 0 unspecified atom stereocenters. The van der Waals surface area contributed by atoms with Crippen LogP contribution in [0.2, 0.25) is 0 Å². The molecule has 0 spiro atoms. The van der Waals surface area contributed by atoms with Crippen molar-refractivity contribution in [3.63, 3.8) is 0 Å². The smallest absolute Gasteiger partial charge is 0.243 e. The Hall–Kier alpha value is -1.53. The van der Waals surface area contributed by atoms with E-state index in [-0.39, 0.29) is 0 Å². The molecule has 0 saturated carbocycles. The topological polar surface area (TPSA) is 44.4 Å². The average Bonchev–Trinajstić information content (AvgIpc) is 3.06. The van der Waals surface area contributed by atoms with Crippen LogP contribution in [-0.4, -0.2) is 19.2 Å². The van der Waals surface area contributed by atoms with E-state index in [9.17, 15) is 0 Å². The summed E-state index contributed by atoms with van der Waals surface area (Å²) in [5, 5.41) is 6.20. The maximum Gasteiger partial charge on any atom is 0.243 e. The van der Waals surface area contributed by atoms with Gasteiger partial charge in [-0.15, -0.1) is 22.9 Å². The molecule has 0 N–H and O–H groups in total. The fourth-order valence-electron chi connectivity index (χ4n) is 1.88. The highest BCUT2D eigenvalue weighted by atomic mass is 35.5. The van der Waals surface area contributed by atoms with Gasteiger partial charge in [0.05, 0.1) is 18.3 Å². The van der Waals surface area contributed by atoms with Gasteiger partial charge >= 0.3 is 0 Å². The third kappa shape index (κ3) is 2.33. The highest BCUT2D eigenvalue weighted by Gasteiger charge is 2.14. The molecule has 0 radical (unpaired) electrons. The molecule has 0 aliphatic carbocycles. The van der Waals surface area contributed by atoms with E-state index in [4.69, 9.17) is 16.3 Å². The van der Waals surface area contributed by atoms with Gasteiger partial charge in [-0.1, -0.05) is 6.92 Å². The van der Waals surface area contributed by atoms with Gasteiger partial charge in [-0.25, -0.2) is 0 Å². The maximum atomic E-state index is 5.97. The van der Waals surface area contributed by atoms with Crippen molar-refractivity contribution in [2.24, 2.45) is 0 Å². The number of imidazole rings is 1. The molecule has 19 heavy (non-hydrogen) atoms. The van der Waals surface area contributed by atoms with Crippen molar-refractivity contribution < 1.29 is 4.74 Å². The molecule has 0 fully saturated rings. The summed E-state index contributed by atoms with van der Waals surface area (Å²) in [6.45, 7) is 2.99. The number of fused-ring (bicyclic) bond motifs is 1. The first-order valence-corrected chi connectivity index (χ1v) is 7.44. The second-order valence-electron chi connectivity index (χ2n) is 4.09. The van der Waals surface area contributed by atoms with E-state index in [1.165, 1.54) is 0 Å². The Labute approximate surface area is 119 Å². The minimum Gasteiger partial charge on any atom is -0.434 e. The van der Waals surface area contributed by atoms with Gasteiger partial charge in [-0.05, 0) is 6.42 Å². The fourth-order valence-corrected chi connectivity index (χ4v) is 2.84. The number of hydrogen-bond donors (Lipinski definition) is 0. The lowest BCUT2D eigenvalue weighted by Crippen LogP contribution is -1.95. The Morgan fingerprint density at radius 2 is 2.37 bits per heavy atom. The summed E-state index contributed by atoms with van der Waals surface area (Å²) < 4.78 is 9.58. The van der Waals surface area contributed by atoms with E-state index in [1.54, 1.807) is 17.5 Å². The average molecular weight is 297 g/mol. The molecule has 0 aromatic carbocycles. The molecule has 7 heteroatoms. The third-order valence-corrected chi connectivity index (χ3v) is 3.74. The molecule has 0 atom stereocenters. The first kappa shape index (κ1) is 12.5. The SMILES string of the molecule is CCCn1cc(Oc2nc3sccn3c2CCl)cn1. The molecule has 3 rings (SSSR count). The van der Waals surface area contributed by atoms with Crippen LogP contribution in [0.3, 0.4) is 0 Å². The maximum absolute atomic E-state index is 5.97. The van der Waals surface area contributed by atoms with E-state index in [0.717, 1.165) is 23.6 Å². The highest BCUT2D eigenvalue weighted by Crippen LogP contribution is 2.28. The van der Waals surface area contributed by atoms with Gasteiger partial charge in [-0.2, -0.15) is 10.1 Å². The predicted molar refractivity (Wildman–Crippen MR) is 75.2 cm³/mol. The molecule has 0 bridgehead atoms. The number of rotatable bonds is 5. The molecule has 5 nitrogen and oxygen atoms in total. The lowest BCUT2D eigenvalue weighted by molar-refractivity contribution is 0.460. The predicted octanol–water partition coefficient (Wildman–Crippen LogP) is 3.53. The first-order chi connectivity index (χ1) is 9.31. The van der Waals surface area contributed by atoms with Gasteiger partial charge in [0.2, 0.25) is 5.88 Å². The van der Waals surface area contributed by atoms with Crippen molar-refractivity contribution in [3.05, 3.63) is 29.7 Å². The summed E-state index contributed by atoms with van der Waals surface area (Å²) in [4.78, 5) is 5.31. The molecular formula is C12H13ClN4OS. The summed E-state index contributed by atoms with van der Waals surface area (Å²) in [5.74, 6) is 1.60. The number of halogens is 1. The second-order valence-corrected chi connectivity index (χ2v) is 5.23. The summed E-state index contributed by atoms with van der Waals surface area (Å²) in [7, 11) is 0. The van der Waals surface area contributed by atoms with Gasteiger partial charge in [0.25, 0.3) is 0 Å². The van der Waals surface area contributed by atoms with Crippen molar-refractivity contribution >= 4 is 27.9 Å². The largest absolute Gasteiger partial charge is 0.434 e. The first-order valence-electron chi connectivity index (χ1n) is 6.02. The van der Waals surface area contributed by atoms with Gasteiger partial charge in [0.15, 0.2) is 10.7 Å². The molecular weight excluding hydrogens is 284 g/mol. The second kappa shape index (κ2) is 5.22. The Kier molecular flexibility index (Phi) is 3.44. The standard InChI is InChI=1S/C12H13ClN4OS/c1-2-3-16-8-9(7-14-16)18-11-10(6-13)17-4-5-19-12(17)15-11/h4-5,7-8H,2-3,6H2,1H3. The van der Waals surface area contributed by atoms with Crippen LogP contribution in [0, 0.1) is 0 Å².